The van der Waals surface area contributed by atoms with Crippen LogP contribution in [0.4, 0.5) is 88.5 Å². The summed E-state index contributed by atoms with van der Waals surface area (Å²) >= 11 is 0.220. The molecule has 0 fully saturated rings. The van der Waals surface area contributed by atoms with Crippen molar-refractivity contribution in [2.24, 2.45) is 0 Å². The Morgan fingerprint density at radius 1 is 0.591 bits per heavy atom. The molecule has 1 N–H and O–H groups in total. The third kappa shape index (κ3) is 7.65. The van der Waals surface area contributed by atoms with Crippen LogP contribution in [0.3, 0.4) is 0 Å². The second kappa shape index (κ2) is 11.2. The van der Waals surface area contributed by atoms with Crippen LogP contribution in [0, 0.1) is 0 Å². The van der Waals surface area contributed by atoms with E-state index in [1.807, 2.05) is 0 Å². The number of benzene rings is 1. The van der Waals surface area contributed by atoms with Crippen molar-refractivity contribution in [1.29, 1.82) is 0 Å². The Morgan fingerprint density at radius 3 is 1.36 bits per heavy atom. The highest BCUT2D eigenvalue weighted by Gasteiger charge is 2.79. The van der Waals surface area contributed by atoms with Crippen LogP contribution in [0.2, 0.25) is 0 Å². The molecular weight excluding hydrogens is 705 g/mol. The number of ether oxygens (including phenoxy) is 4. The molecular formula is C17H5F19N2O5S. The van der Waals surface area contributed by atoms with Gasteiger partial charge < -0.3 is 0 Å². The van der Waals surface area contributed by atoms with Gasteiger partial charge in [0.15, 0.2) is 5.13 Å². The van der Waals surface area contributed by atoms with E-state index in [4.69, 9.17) is 0 Å². The molecule has 2 rings (SSSR count). The number of hydrogen-bond donors (Lipinski definition) is 1. The minimum absolute atomic E-state index is 0.0316. The maximum Gasteiger partial charge on any atom is 0.527 e. The van der Waals surface area contributed by atoms with E-state index in [0.717, 1.165) is 11.4 Å². The number of anilines is 1. The quantitative estimate of drug-likeness (QED) is 0.229. The first-order valence-electron chi connectivity index (χ1n) is 9.86. The van der Waals surface area contributed by atoms with E-state index < -0.39 is 66.1 Å². The summed E-state index contributed by atoms with van der Waals surface area (Å²) in [6.45, 7) is 0. The highest BCUT2D eigenvalue weighted by atomic mass is 32.1. The summed E-state index contributed by atoms with van der Waals surface area (Å²) in [6.07, 6.45) is -59.9. The van der Waals surface area contributed by atoms with Crippen LogP contribution in [-0.4, -0.2) is 65.9 Å². The molecule has 1 atom stereocenters. The number of fused-ring (bicyclic) bond motifs is 1. The van der Waals surface area contributed by atoms with Gasteiger partial charge in [-0.3, -0.25) is 14.8 Å². The molecule has 0 saturated carbocycles. The van der Waals surface area contributed by atoms with Gasteiger partial charge in [0.2, 0.25) is 0 Å². The third-order valence-electron chi connectivity index (χ3n) is 4.21. The number of nitrogens with zero attached hydrogens (tertiary/aromatic N) is 1. The summed E-state index contributed by atoms with van der Waals surface area (Å²) in [7, 11) is 0. The van der Waals surface area contributed by atoms with E-state index in [1.54, 1.807) is 0 Å². The van der Waals surface area contributed by atoms with E-state index in [0.29, 0.717) is 0 Å². The predicted octanol–water partition coefficient (Wildman–Crippen LogP) is 7.61. The van der Waals surface area contributed by atoms with Crippen molar-refractivity contribution < 1.29 is 107 Å². The van der Waals surface area contributed by atoms with Crippen LogP contribution in [0.5, 0.6) is 0 Å². The lowest BCUT2D eigenvalue weighted by Gasteiger charge is -2.36. The number of thiazole rings is 1. The summed E-state index contributed by atoms with van der Waals surface area (Å²) in [5.41, 5.74) is -0.130. The van der Waals surface area contributed by atoms with Crippen molar-refractivity contribution in [3.05, 3.63) is 24.3 Å². The molecule has 0 saturated heterocycles. The first-order valence-corrected chi connectivity index (χ1v) is 10.7. The SMILES string of the molecule is O=C(Nc1nc2ccccc2s1)[C@@](F)(OC(F)(F)C(F)(F)OC(F)(F)C(F)(F)OC(F)(F)C(F)(F)OC(F)(F)F)C(F)(F)F. The highest BCUT2D eigenvalue weighted by Crippen LogP contribution is 2.52. The van der Waals surface area contributed by atoms with Crippen LogP contribution < -0.4 is 5.32 Å². The molecule has 1 heterocycles. The van der Waals surface area contributed by atoms with Gasteiger partial charge in [0, 0.05) is 0 Å². The van der Waals surface area contributed by atoms with Gasteiger partial charge >= 0.3 is 61.0 Å². The molecule has 252 valence electrons. The van der Waals surface area contributed by atoms with Crippen molar-refractivity contribution >= 4 is 32.6 Å². The lowest BCUT2D eigenvalue weighted by Crippen LogP contribution is -2.62. The second-order valence-electron chi connectivity index (χ2n) is 7.49. The zero-order chi connectivity index (χ0) is 34.6. The molecule has 1 aromatic carbocycles. The first kappa shape index (κ1) is 37.3. The number of hydrogen-bond acceptors (Lipinski definition) is 7. The molecule has 1 aromatic heterocycles. The largest absolute Gasteiger partial charge is 0.527 e. The molecule has 7 nitrogen and oxygen atoms in total. The zero-order valence-corrected chi connectivity index (χ0v) is 20.2. The lowest BCUT2D eigenvalue weighted by molar-refractivity contribution is -0.579. The standard InChI is InChI=1S/C17H5F19N2O5S/c18-9(10(19,20)21,7(39)38-8-37-5-3-1-2-4-6(5)44-8)40-11(22,23)12(24,25)41-13(26,27)14(28,29)42-15(30,31)16(32,33)43-17(34,35)36/h1-4H,(H,37,38,39)/t9-/m1/s1. The number of carbonyl (C=O) groups is 1. The van der Waals surface area contributed by atoms with Gasteiger partial charge in [-0.05, 0) is 12.1 Å². The van der Waals surface area contributed by atoms with E-state index in [2.05, 4.69) is 9.72 Å². The predicted molar refractivity (Wildman–Crippen MR) is 98.2 cm³/mol. The van der Waals surface area contributed by atoms with E-state index in [-0.39, 0.29) is 21.6 Å². The number of para-hydroxylation sites is 1. The average Bonchev–Trinajstić information content (AvgIpc) is 3.16. The Kier molecular flexibility index (Phi) is 9.45. The number of halogens is 19. The minimum atomic E-state index is -7.83. The number of carbonyl (C=O) groups excluding carboxylic acids is 1. The van der Waals surface area contributed by atoms with Crippen LogP contribution in [-0.2, 0) is 23.7 Å². The van der Waals surface area contributed by atoms with E-state index in [1.165, 1.54) is 32.4 Å². The fourth-order valence-corrected chi connectivity index (χ4v) is 3.20. The van der Waals surface area contributed by atoms with Gasteiger partial charge in [0.25, 0.3) is 0 Å². The van der Waals surface area contributed by atoms with Crippen molar-refractivity contribution in [3.63, 3.8) is 0 Å². The van der Waals surface area contributed by atoms with Crippen LogP contribution >= 0.6 is 11.3 Å². The summed E-state index contributed by atoms with van der Waals surface area (Å²) in [5.74, 6) is -10.2. The van der Waals surface area contributed by atoms with Gasteiger partial charge in [-0.2, -0.15) is 70.2 Å². The Labute approximate surface area is 230 Å². The average molecular weight is 710 g/mol. The summed E-state index contributed by atoms with van der Waals surface area (Å²) in [6, 6.07) is 4.89. The normalized spacial score (nSPS) is 16.2. The Morgan fingerprint density at radius 2 is 0.977 bits per heavy atom. The number of aromatic nitrogens is 1. The highest BCUT2D eigenvalue weighted by molar-refractivity contribution is 7.22. The number of nitrogens with one attached hydrogen (secondary N) is 1. The van der Waals surface area contributed by atoms with Crippen molar-refractivity contribution in [1.82, 2.24) is 4.98 Å². The summed E-state index contributed by atoms with van der Waals surface area (Å²) < 4.78 is 256. The molecule has 0 spiro atoms. The zero-order valence-electron chi connectivity index (χ0n) is 19.4. The minimum Gasteiger partial charge on any atom is -0.297 e. The van der Waals surface area contributed by atoms with Crippen LogP contribution in [0.15, 0.2) is 24.3 Å². The molecule has 27 heteroatoms. The Hall–Kier alpha value is -2.91. The topological polar surface area (TPSA) is 78.9 Å². The number of rotatable bonds is 12. The van der Waals surface area contributed by atoms with Gasteiger partial charge in [-0.25, -0.2) is 19.2 Å². The number of alkyl halides is 19. The van der Waals surface area contributed by atoms with E-state index in [9.17, 15) is 88.2 Å². The molecule has 0 unspecified atom stereocenters. The maximum absolute atomic E-state index is 14.5. The molecule has 2 aromatic rings. The van der Waals surface area contributed by atoms with Crippen molar-refractivity contribution in [2.45, 2.75) is 55.0 Å². The van der Waals surface area contributed by atoms with Gasteiger partial charge in [0.05, 0.1) is 10.2 Å². The molecule has 0 aliphatic rings. The first-order chi connectivity index (χ1) is 19.3. The molecule has 0 aliphatic carbocycles. The summed E-state index contributed by atoms with van der Waals surface area (Å²) in [4.78, 5) is 15.2. The van der Waals surface area contributed by atoms with Crippen molar-refractivity contribution in [3.8, 4) is 0 Å². The molecule has 0 aliphatic heterocycles. The molecule has 1 amide bonds. The van der Waals surface area contributed by atoms with Crippen molar-refractivity contribution in [2.75, 3.05) is 5.32 Å². The maximum atomic E-state index is 14.5. The smallest absolute Gasteiger partial charge is 0.297 e. The second-order valence-corrected chi connectivity index (χ2v) is 8.52. The molecule has 0 bridgehead atoms. The Bertz CT molecular complexity index is 1310. The van der Waals surface area contributed by atoms with Gasteiger partial charge in [-0.1, -0.05) is 23.5 Å². The fourth-order valence-electron chi connectivity index (χ4n) is 2.34. The van der Waals surface area contributed by atoms with Gasteiger partial charge in [-0.15, -0.1) is 13.2 Å². The van der Waals surface area contributed by atoms with Crippen LogP contribution in [0.1, 0.15) is 0 Å². The monoisotopic (exact) mass is 710 g/mol. The number of amides is 1. The molecule has 44 heavy (non-hydrogen) atoms. The fraction of sp³-hybridized carbons (Fsp3) is 0.529. The Balaban J connectivity index is 2.35. The molecule has 0 radical (unpaired) electrons. The van der Waals surface area contributed by atoms with Crippen LogP contribution in [0.25, 0.3) is 10.2 Å². The third-order valence-corrected chi connectivity index (χ3v) is 5.16. The van der Waals surface area contributed by atoms with Gasteiger partial charge in [0.1, 0.15) is 0 Å². The lowest BCUT2D eigenvalue weighted by atomic mass is 10.2. The summed E-state index contributed by atoms with van der Waals surface area (Å²) in [5, 5.41) is -0.172. The van der Waals surface area contributed by atoms with E-state index >= 15 is 0 Å².